The van der Waals surface area contributed by atoms with E-state index in [4.69, 9.17) is 0 Å². The molecule has 0 saturated heterocycles. The molecule has 0 bridgehead atoms. The Balaban J connectivity index is 2.56. The van der Waals surface area contributed by atoms with E-state index in [2.05, 4.69) is 31.1 Å². The molecule has 1 heteroatoms. The van der Waals surface area contributed by atoms with E-state index in [0.29, 0.717) is 5.92 Å². The molecule has 1 atom stereocenters. The van der Waals surface area contributed by atoms with Crippen molar-refractivity contribution in [3.63, 3.8) is 0 Å². The topological polar surface area (TPSA) is 12.0 Å². The van der Waals surface area contributed by atoms with E-state index < -0.39 is 0 Å². The average Bonchev–Trinajstić information content (AvgIpc) is 2.37. The number of hydrogen-bond acceptors (Lipinski definition) is 1. The molecule has 1 nitrogen and oxygen atoms in total. The molecule has 1 saturated carbocycles. The second kappa shape index (κ2) is 8.20. The quantitative estimate of drug-likeness (QED) is 0.624. The second-order valence-corrected chi connectivity index (χ2v) is 5.16. The van der Waals surface area contributed by atoms with Crippen molar-refractivity contribution < 1.29 is 0 Å². The highest BCUT2D eigenvalue weighted by atomic mass is 14.9. The SMILES string of the molecule is C=C=C(NC=C)C(CCC)CC1CCCCC1. The van der Waals surface area contributed by atoms with Gasteiger partial charge in [-0.05, 0) is 25.0 Å². The number of hydrogen-bond donors (Lipinski definition) is 1. The van der Waals surface area contributed by atoms with Gasteiger partial charge in [0.05, 0.1) is 5.70 Å². The first-order chi connectivity index (χ1) is 8.31. The Morgan fingerprint density at radius 3 is 2.65 bits per heavy atom. The molecule has 0 radical (unpaired) electrons. The summed E-state index contributed by atoms with van der Waals surface area (Å²) in [5, 5.41) is 3.21. The molecule has 0 aromatic heterocycles. The maximum absolute atomic E-state index is 3.80. The smallest absolute Gasteiger partial charge is 0.0602 e. The summed E-state index contributed by atoms with van der Waals surface area (Å²) in [5.74, 6) is 1.51. The van der Waals surface area contributed by atoms with Crippen LogP contribution >= 0.6 is 0 Å². The predicted octanol–water partition coefficient (Wildman–Crippen LogP) is 4.78. The fraction of sp³-hybridized carbons (Fsp3) is 0.688. The fourth-order valence-electron chi connectivity index (χ4n) is 2.98. The van der Waals surface area contributed by atoms with E-state index in [0.717, 1.165) is 11.6 Å². The third-order valence-corrected chi connectivity index (χ3v) is 3.84. The first-order valence-electron chi connectivity index (χ1n) is 7.09. The van der Waals surface area contributed by atoms with Crippen LogP contribution < -0.4 is 5.32 Å². The minimum Gasteiger partial charge on any atom is -0.359 e. The van der Waals surface area contributed by atoms with Crippen LogP contribution in [0.5, 0.6) is 0 Å². The molecule has 1 fully saturated rings. The fourth-order valence-corrected chi connectivity index (χ4v) is 2.98. The molecule has 1 aliphatic carbocycles. The second-order valence-electron chi connectivity index (χ2n) is 5.16. The van der Waals surface area contributed by atoms with Gasteiger partial charge in [0.15, 0.2) is 0 Å². The maximum Gasteiger partial charge on any atom is 0.0602 e. The first-order valence-corrected chi connectivity index (χ1v) is 7.09. The molecule has 0 aromatic carbocycles. The van der Waals surface area contributed by atoms with Crippen LogP contribution in [0.25, 0.3) is 0 Å². The van der Waals surface area contributed by atoms with Crippen molar-refractivity contribution in [3.05, 3.63) is 30.8 Å². The first kappa shape index (κ1) is 14.1. The van der Waals surface area contributed by atoms with Gasteiger partial charge in [0.1, 0.15) is 0 Å². The summed E-state index contributed by atoms with van der Waals surface area (Å²) in [6, 6.07) is 0. The van der Waals surface area contributed by atoms with Crippen molar-refractivity contribution in [1.82, 2.24) is 5.32 Å². The minimum atomic E-state index is 0.596. The zero-order valence-electron chi connectivity index (χ0n) is 11.3. The highest BCUT2D eigenvalue weighted by Crippen LogP contribution is 2.32. The molecule has 17 heavy (non-hydrogen) atoms. The normalized spacial score (nSPS) is 18.2. The lowest BCUT2D eigenvalue weighted by Gasteiger charge is -2.27. The molecule has 1 N–H and O–H groups in total. The Morgan fingerprint density at radius 2 is 2.12 bits per heavy atom. The van der Waals surface area contributed by atoms with Gasteiger partial charge in [0, 0.05) is 5.92 Å². The Bertz CT molecular complexity index is 267. The Kier molecular flexibility index (Phi) is 6.81. The summed E-state index contributed by atoms with van der Waals surface area (Å²) in [5.41, 5.74) is 4.21. The monoisotopic (exact) mass is 233 g/mol. The van der Waals surface area contributed by atoms with Crippen LogP contribution in [0, 0.1) is 11.8 Å². The lowest BCUT2D eigenvalue weighted by Crippen LogP contribution is -2.19. The van der Waals surface area contributed by atoms with Gasteiger partial charge in [-0.15, -0.1) is 5.73 Å². The van der Waals surface area contributed by atoms with Gasteiger partial charge >= 0.3 is 0 Å². The van der Waals surface area contributed by atoms with E-state index in [1.54, 1.807) is 6.20 Å². The van der Waals surface area contributed by atoms with Gasteiger partial charge in [-0.2, -0.15) is 0 Å². The molecule has 1 unspecified atom stereocenters. The van der Waals surface area contributed by atoms with Crippen molar-refractivity contribution in [1.29, 1.82) is 0 Å². The lowest BCUT2D eigenvalue weighted by atomic mass is 9.80. The van der Waals surface area contributed by atoms with E-state index in [1.807, 2.05) is 0 Å². The van der Waals surface area contributed by atoms with Crippen molar-refractivity contribution in [2.75, 3.05) is 0 Å². The van der Waals surface area contributed by atoms with Crippen molar-refractivity contribution >= 4 is 0 Å². The largest absolute Gasteiger partial charge is 0.359 e. The van der Waals surface area contributed by atoms with Crippen LogP contribution in [0.3, 0.4) is 0 Å². The van der Waals surface area contributed by atoms with E-state index in [-0.39, 0.29) is 0 Å². The summed E-state index contributed by atoms with van der Waals surface area (Å²) in [6.45, 7) is 9.79. The van der Waals surface area contributed by atoms with Crippen LogP contribution in [0.4, 0.5) is 0 Å². The van der Waals surface area contributed by atoms with Gasteiger partial charge in [0.25, 0.3) is 0 Å². The van der Waals surface area contributed by atoms with Gasteiger partial charge < -0.3 is 5.32 Å². The van der Waals surface area contributed by atoms with E-state index in [9.17, 15) is 0 Å². The summed E-state index contributed by atoms with van der Waals surface area (Å²) in [4.78, 5) is 0. The summed E-state index contributed by atoms with van der Waals surface area (Å²) in [7, 11) is 0. The van der Waals surface area contributed by atoms with Crippen LogP contribution in [-0.2, 0) is 0 Å². The predicted molar refractivity (Wildman–Crippen MR) is 75.6 cm³/mol. The third kappa shape index (κ3) is 4.83. The molecule has 1 rings (SSSR count). The van der Waals surface area contributed by atoms with Crippen LogP contribution in [0.15, 0.2) is 30.8 Å². The Labute approximate surface area is 107 Å². The van der Waals surface area contributed by atoms with Crippen molar-refractivity contribution in [2.24, 2.45) is 11.8 Å². The molecular weight excluding hydrogens is 206 g/mol. The van der Waals surface area contributed by atoms with Crippen molar-refractivity contribution in [3.8, 4) is 0 Å². The van der Waals surface area contributed by atoms with Gasteiger partial charge in [-0.25, -0.2) is 0 Å². The van der Waals surface area contributed by atoms with E-state index in [1.165, 1.54) is 51.4 Å². The number of nitrogens with one attached hydrogen (secondary N) is 1. The molecule has 96 valence electrons. The maximum atomic E-state index is 3.80. The molecule has 0 amide bonds. The van der Waals surface area contributed by atoms with Crippen LogP contribution in [0.2, 0.25) is 0 Å². The van der Waals surface area contributed by atoms with Gasteiger partial charge in [-0.1, -0.05) is 58.6 Å². The summed E-state index contributed by atoms with van der Waals surface area (Å²) in [6.07, 6.45) is 12.6. The van der Waals surface area contributed by atoms with E-state index >= 15 is 0 Å². The Morgan fingerprint density at radius 1 is 1.41 bits per heavy atom. The summed E-state index contributed by atoms with van der Waals surface area (Å²) >= 11 is 0. The number of rotatable bonds is 7. The van der Waals surface area contributed by atoms with Crippen molar-refractivity contribution in [2.45, 2.75) is 58.3 Å². The van der Waals surface area contributed by atoms with Gasteiger partial charge in [-0.3, -0.25) is 0 Å². The molecule has 0 aliphatic heterocycles. The van der Waals surface area contributed by atoms with Gasteiger partial charge in [0.2, 0.25) is 0 Å². The van der Waals surface area contributed by atoms with Crippen LogP contribution in [-0.4, -0.2) is 0 Å². The lowest BCUT2D eigenvalue weighted by molar-refractivity contribution is 0.293. The Hall–Kier alpha value is -0.940. The highest BCUT2D eigenvalue weighted by molar-refractivity contribution is 5.05. The standard InChI is InChI=1S/C16H27N/c1-4-10-15(16(5-2)17-6-3)13-14-11-8-7-9-12-14/h6,14-15,17H,2-4,7-13H2,1H3. The molecule has 0 spiro atoms. The molecule has 0 aromatic rings. The summed E-state index contributed by atoms with van der Waals surface area (Å²) < 4.78 is 0. The molecular formula is C16H27N. The average molecular weight is 233 g/mol. The number of allylic oxidation sites excluding steroid dienone is 1. The highest BCUT2D eigenvalue weighted by Gasteiger charge is 2.20. The zero-order valence-corrected chi connectivity index (χ0v) is 11.3. The zero-order chi connectivity index (χ0) is 12.5. The minimum absolute atomic E-state index is 0.596. The molecule has 0 heterocycles. The third-order valence-electron chi connectivity index (χ3n) is 3.84. The van der Waals surface area contributed by atoms with Crippen LogP contribution in [0.1, 0.15) is 58.3 Å². The molecule has 1 aliphatic rings.